The van der Waals surface area contributed by atoms with Crippen molar-refractivity contribution in [1.82, 2.24) is 4.90 Å². The summed E-state index contributed by atoms with van der Waals surface area (Å²) in [6.45, 7) is 3.05. The first-order chi connectivity index (χ1) is 11.0. The molecular weight excluding hydrogens is 298 g/mol. The Labute approximate surface area is 136 Å². The molecule has 1 aromatic rings. The maximum atomic E-state index is 12.2. The van der Waals surface area contributed by atoms with Crippen LogP contribution >= 0.6 is 0 Å². The maximum absolute atomic E-state index is 12.2. The minimum Gasteiger partial charge on any atom is -0.493 e. The summed E-state index contributed by atoms with van der Waals surface area (Å²) in [6, 6.07) is 7.79. The Balaban J connectivity index is 1.70. The molecule has 0 aromatic heterocycles. The van der Waals surface area contributed by atoms with Crippen molar-refractivity contribution in [3.63, 3.8) is 0 Å². The molecule has 1 aliphatic rings. The lowest BCUT2D eigenvalue weighted by atomic mass is 10.2. The van der Waals surface area contributed by atoms with E-state index in [0.29, 0.717) is 32.4 Å². The van der Waals surface area contributed by atoms with Crippen molar-refractivity contribution < 1.29 is 24.2 Å². The van der Waals surface area contributed by atoms with Gasteiger partial charge in [0.25, 0.3) is 5.91 Å². The van der Waals surface area contributed by atoms with E-state index in [9.17, 15) is 9.59 Å². The highest BCUT2D eigenvalue weighted by atomic mass is 16.5. The molecule has 1 aromatic carbocycles. The number of amides is 1. The second kappa shape index (κ2) is 7.97. The van der Waals surface area contributed by atoms with Crippen molar-refractivity contribution in [2.45, 2.75) is 38.4 Å². The van der Waals surface area contributed by atoms with Gasteiger partial charge in [0, 0.05) is 13.6 Å². The number of aliphatic carboxylic acids is 1. The smallest absolute Gasteiger partial charge is 0.332 e. The van der Waals surface area contributed by atoms with E-state index in [0.717, 1.165) is 11.3 Å². The summed E-state index contributed by atoms with van der Waals surface area (Å²) in [5.74, 6) is -0.316. The van der Waals surface area contributed by atoms with Crippen LogP contribution in [0.2, 0.25) is 0 Å². The lowest BCUT2D eigenvalue weighted by molar-refractivity contribution is -0.154. The lowest BCUT2D eigenvalue weighted by Gasteiger charge is -2.21. The van der Waals surface area contributed by atoms with Gasteiger partial charge in [-0.3, -0.25) is 4.79 Å². The van der Waals surface area contributed by atoms with Crippen LogP contribution in [-0.4, -0.2) is 54.3 Å². The van der Waals surface area contributed by atoms with Gasteiger partial charge in [-0.25, -0.2) is 4.79 Å². The summed E-state index contributed by atoms with van der Waals surface area (Å²) in [5, 5.41) is 8.89. The molecular formula is C17H23NO5. The number of ether oxygens (including phenoxy) is 2. The first-order valence-corrected chi connectivity index (χ1v) is 7.80. The Kier molecular flexibility index (Phi) is 5.98. The summed E-state index contributed by atoms with van der Waals surface area (Å²) in [7, 11) is 1.70. The molecule has 6 nitrogen and oxygen atoms in total. The average Bonchev–Trinajstić information content (AvgIpc) is 3.02. The van der Waals surface area contributed by atoms with Crippen molar-refractivity contribution in [3.05, 3.63) is 29.8 Å². The van der Waals surface area contributed by atoms with E-state index in [-0.39, 0.29) is 5.91 Å². The molecule has 0 spiro atoms. The normalized spacial score (nSPS) is 20.3. The summed E-state index contributed by atoms with van der Waals surface area (Å²) in [5.41, 5.74) is 1.08. The second-order valence-electron chi connectivity index (χ2n) is 5.76. The SMILES string of the molecule is Cc1ccccc1OCCCN(C)C(=O)[C@@H]1CC[C@H](C(=O)O)O1. The molecule has 6 heteroatoms. The summed E-state index contributed by atoms with van der Waals surface area (Å²) < 4.78 is 11.0. The van der Waals surface area contributed by atoms with Crippen molar-refractivity contribution in [1.29, 1.82) is 0 Å². The van der Waals surface area contributed by atoms with Crippen LogP contribution < -0.4 is 4.74 Å². The molecule has 1 fully saturated rings. The largest absolute Gasteiger partial charge is 0.493 e. The Morgan fingerprint density at radius 3 is 2.65 bits per heavy atom. The van der Waals surface area contributed by atoms with E-state index in [4.69, 9.17) is 14.6 Å². The fourth-order valence-electron chi connectivity index (χ4n) is 2.56. The zero-order chi connectivity index (χ0) is 16.8. The molecule has 23 heavy (non-hydrogen) atoms. The molecule has 0 unspecified atom stereocenters. The van der Waals surface area contributed by atoms with Gasteiger partial charge in [-0.15, -0.1) is 0 Å². The lowest BCUT2D eigenvalue weighted by Crippen LogP contribution is -2.38. The number of rotatable bonds is 7. The number of carbonyl (C=O) groups excluding carboxylic acids is 1. The third-order valence-electron chi connectivity index (χ3n) is 3.94. The fraction of sp³-hybridized carbons (Fsp3) is 0.529. The van der Waals surface area contributed by atoms with Crippen molar-refractivity contribution in [3.8, 4) is 5.75 Å². The van der Waals surface area contributed by atoms with Gasteiger partial charge in [0.15, 0.2) is 6.10 Å². The van der Waals surface area contributed by atoms with Crippen LogP contribution in [0.4, 0.5) is 0 Å². The predicted octanol–water partition coefficient (Wildman–Crippen LogP) is 1.85. The zero-order valence-corrected chi connectivity index (χ0v) is 13.5. The minimum atomic E-state index is -1.01. The molecule has 1 N–H and O–H groups in total. The molecule has 2 atom stereocenters. The standard InChI is InChI=1S/C17H23NO5/c1-12-6-3-4-7-13(12)22-11-5-10-18(2)16(19)14-8-9-15(23-14)17(20)21/h3-4,6-7,14-15H,5,8-11H2,1-2H3,(H,20,21)/t14-,15+/m0/s1. The monoisotopic (exact) mass is 321 g/mol. The van der Waals surface area contributed by atoms with Gasteiger partial charge in [0.05, 0.1) is 6.61 Å². The highest BCUT2D eigenvalue weighted by Crippen LogP contribution is 2.21. The van der Waals surface area contributed by atoms with Gasteiger partial charge in [0.1, 0.15) is 11.9 Å². The van der Waals surface area contributed by atoms with Gasteiger partial charge < -0.3 is 19.5 Å². The molecule has 0 saturated carbocycles. The minimum absolute atomic E-state index is 0.162. The van der Waals surface area contributed by atoms with Crippen LogP contribution in [0.1, 0.15) is 24.8 Å². The number of carboxylic acids is 1. The fourth-order valence-corrected chi connectivity index (χ4v) is 2.56. The van der Waals surface area contributed by atoms with Crippen LogP contribution in [0.5, 0.6) is 5.75 Å². The quantitative estimate of drug-likeness (QED) is 0.776. The van der Waals surface area contributed by atoms with E-state index in [1.54, 1.807) is 11.9 Å². The number of nitrogens with zero attached hydrogens (tertiary/aromatic N) is 1. The topological polar surface area (TPSA) is 76.1 Å². The highest BCUT2D eigenvalue weighted by molar-refractivity contribution is 5.82. The number of aryl methyl sites for hydroxylation is 1. The average molecular weight is 321 g/mol. The van der Waals surface area contributed by atoms with Gasteiger partial charge >= 0.3 is 5.97 Å². The first kappa shape index (κ1) is 17.3. The maximum Gasteiger partial charge on any atom is 0.332 e. The second-order valence-corrected chi connectivity index (χ2v) is 5.76. The number of benzene rings is 1. The summed E-state index contributed by atoms with van der Waals surface area (Å²) in [4.78, 5) is 24.6. The number of para-hydroxylation sites is 1. The zero-order valence-electron chi connectivity index (χ0n) is 13.5. The van der Waals surface area contributed by atoms with E-state index < -0.39 is 18.2 Å². The Morgan fingerprint density at radius 1 is 1.30 bits per heavy atom. The number of carboxylic acid groups (broad SMARTS) is 1. The molecule has 0 bridgehead atoms. The third-order valence-corrected chi connectivity index (χ3v) is 3.94. The summed E-state index contributed by atoms with van der Waals surface area (Å²) >= 11 is 0. The van der Waals surface area contributed by atoms with E-state index in [2.05, 4.69) is 0 Å². The Morgan fingerprint density at radius 2 is 2.00 bits per heavy atom. The van der Waals surface area contributed by atoms with Crippen LogP contribution in [-0.2, 0) is 14.3 Å². The van der Waals surface area contributed by atoms with Gasteiger partial charge in [-0.2, -0.15) is 0 Å². The number of hydrogen-bond donors (Lipinski definition) is 1. The van der Waals surface area contributed by atoms with Gasteiger partial charge in [-0.1, -0.05) is 18.2 Å². The highest BCUT2D eigenvalue weighted by Gasteiger charge is 2.35. The number of carbonyl (C=O) groups is 2. The molecule has 126 valence electrons. The van der Waals surface area contributed by atoms with E-state index in [1.807, 2.05) is 31.2 Å². The van der Waals surface area contributed by atoms with Crippen molar-refractivity contribution >= 4 is 11.9 Å². The molecule has 1 amide bonds. The molecule has 1 aliphatic heterocycles. The van der Waals surface area contributed by atoms with Crippen LogP contribution in [0.25, 0.3) is 0 Å². The van der Waals surface area contributed by atoms with E-state index >= 15 is 0 Å². The van der Waals surface area contributed by atoms with E-state index in [1.165, 1.54) is 0 Å². The van der Waals surface area contributed by atoms with Crippen molar-refractivity contribution in [2.24, 2.45) is 0 Å². The molecule has 1 heterocycles. The molecule has 0 aliphatic carbocycles. The van der Waals surface area contributed by atoms with Gasteiger partial charge in [0.2, 0.25) is 0 Å². The van der Waals surface area contributed by atoms with Gasteiger partial charge in [-0.05, 0) is 37.8 Å². The Bertz CT molecular complexity index is 560. The molecule has 1 saturated heterocycles. The summed E-state index contributed by atoms with van der Waals surface area (Å²) in [6.07, 6.45) is 0.0432. The molecule has 0 radical (unpaired) electrons. The van der Waals surface area contributed by atoms with Crippen LogP contribution in [0, 0.1) is 6.92 Å². The van der Waals surface area contributed by atoms with Crippen molar-refractivity contribution in [2.75, 3.05) is 20.2 Å². The molecule has 2 rings (SSSR count). The Hall–Kier alpha value is -2.08. The number of likely N-dealkylation sites (N-methyl/N-ethyl adjacent to an activating group) is 1. The number of hydrogen-bond acceptors (Lipinski definition) is 4. The first-order valence-electron chi connectivity index (χ1n) is 7.80. The predicted molar refractivity (Wildman–Crippen MR) is 84.5 cm³/mol. The van der Waals surface area contributed by atoms with Crippen LogP contribution in [0.15, 0.2) is 24.3 Å². The third kappa shape index (κ3) is 4.69. The van der Waals surface area contributed by atoms with Crippen LogP contribution in [0.3, 0.4) is 0 Å².